The molecule has 0 aliphatic heterocycles. The van der Waals surface area contributed by atoms with E-state index in [1.165, 1.54) is 18.5 Å². The molecule has 1 fully saturated rings. The molecule has 1 aromatic heterocycles. The Morgan fingerprint density at radius 1 is 1.32 bits per heavy atom. The zero-order valence-electron chi connectivity index (χ0n) is 15.5. The number of amides is 1. The summed E-state index contributed by atoms with van der Waals surface area (Å²) in [5.74, 6) is -2.61. The molecule has 1 saturated carbocycles. The monoisotopic (exact) mass is 361 g/mol. The molecule has 1 aromatic rings. The molecule has 8 heteroatoms. The highest BCUT2D eigenvalue weighted by Gasteiger charge is 2.49. The predicted molar refractivity (Wildman–Crippen MR) is 89.0 cm³/mol. The molecule has 142 valence electrons. The number of hydrogen-bond acceptors (Lipinski definition) is 3. The molecule has 1 N–H and O–H groups in total. The van der Waals surface area contributed by atoms with Gasteiger partial charge in [-0.3, -0.25) is 10.00 Å². The van der Waals surface area contributed by atoms with Crippen molar-refractivity contribution in [1.82, 2.24) is 9.78 Å². The third-order valence-corrected chi connectivity index (χ3v) is 4.07. The van der Waals surface area contributed by atoms with Crippen LogP contribution >= 0.6 is 0 Å². The number of ether oxygens (including phenoxy) is 1. The Labute approximate surface area is 145 Å². The van der Waals surface area contributed by atoms with Crippen molar-refractivity contribution in [2.45, 2.75) is 70.4 Å². The van der Waals surface area contributed by atoms with Crippen LogP contribution in [0, 0.1) is 0 Å². The molecule has 0 aromatic carbocycles. The normalized spacial score (nSPS) is 18.0. The highest BCUT2D eigenvalue weighted by molar-refractivity contribution is 5.85. The lowest BCUT2D eigenvalue weighted by molar-refractivity contribution is -0.0879. The topological polar surface area (TPSA) is 56.2 Å². The van der Waals surface area contributed by atoms with E-state index in [1.807, 2.05) is 20.8 Å². The van der Waals surface area contributed by atoms with Crippen LogP contribution in [0.15, 0.2) is 0 Å². The van der Waals surface area contributed by atoms with Crippen LogP contribution in [0.1, 0.15) is 64.6 Å². The fraction of sp³-hybridized carbons (Fsp3) is 0.765. The molecule has 0 bridgehead atoms. The first-order valence-corrected chi connectivity index (χ1v) is 8.27. The minimum atomic E-state index is -2.66. The summed E-state index contributed by atoms with van der Waals surface area (Å²) in [7, 11) is 1.63. The van der Waals surface area contributed by atoms with Gasteiger partial charge in [0, 0.05) is 31.4 Å². The Kier molecular flexibility index (Phi) is 4.87. The van der Waals surface area contributed by atoms with E-state index in [4.69, 9.17) is 4.74 Å². The van der Waals surface area contributed by atoms with Crippen LogP contribution in [-0.2, 0) is 17.2 Å². The van der Waals surface area contributed by atoms with Gasteiger partial charge in [0.1, 0.15) is 18.1 Å². The summed E-state index contributed by atoms with van der Waals surface area (Å²) >= 11 is 0. The number of halogens is 3. The summed E-state index contributed by atoms with van der Waals surface area (Å²) in [6.45, 7) is 7.99. The summed E-state index contributed by atoms with van der Waals surface area (Å²) in [5, 5.41) is 6.95. The molecule has 5 nitrogen and oxygen atoms in total. The number of alkyl halides is 3. The molecule has 0 saturated heterocycles. The second kappa shape index (κ2) is 6.21. The van der Waals surface area contributed by atoms with E-state index >= 15 is 0 Å². The minimum Gasteiger partial charge on any atom is -0.446 e. The third kappa shape index (κ3) is 4.67. The van der Waals surface area contributed by atoms with Gasteiger partial charge in [0.25, 0.3) is 0 Å². The maximum absolute atomic E-state index is 13.5. The fourth-order valence-corrected chi connectivity index (χ4v) is 2.94. The zero-order valence-corrected chi connectivity index (χ0v) is 15.5. The number of nitrogens with zero attached hydrogens (tertiary/aromatic N) is 2. The van der Waals surface area contributed by atoms with Gasteiger partial charge in [-0.05, 0) is 19.3 Å². The van der Waals surface area contributed by atoms with E-state index in [2.05, 4.69) is 10.4 Å². The minimum absolute atomic E-state index is 0.243. The first-order chi connectivity index (χ1) is 11.2. The van der Waals surface area contributed by atoms with E-state index in [0.29, 0.717) is 17.1 Å². The van der Waals surface area contributed by atoms with Crippen molar-refractivity contribution in [2.24, 2.45) is 7.05 Å². The van der Waals surface area contributed by atoms with Crippen molar-refractivity contribution in [3.63, 3.8) is 0 Å². The van der Waals surface area contributed by atoms with Crippen LogP contribution in [0.3, 0.4) is 0 Å². The molecule has 1 aliphatic rings. The molecule has 2 rings (SSSR count). The van der Waals surface area contributed by atoms with Gasteiger partial charge in [0.15, 0.2) is 0 Å². The van der Waals surface area contributed by atoms with Gasteiger partial charge in [-0.1, -0.05) is 20.8 Å². The number of hydrogen-bond donors (Lipinski definition) is 1. The number of aromatic nitrogens is 2. The lowest BCUT2D eigenvalue weighted by Gasteiger charge is -2.35. The van der Waals surface area contributed by atoms with Crippen molar-refractivity contribution in [2.75, 3.05) is 11.9 Å². The highest BCUT2D eigenvalue weighted by atomic mass is 19.3. The van der Waals surface area contributed by atoms with Gasteiger partial charge >= 0.3 is 6.09 Å². The second-order valence-electron chi connectivity index (χ2n) is 8.36. The third-order valence-electron chi connectivity index (χ3n) is 4.07. The quantitative estimate of drug-likeness (QED) is 0.857. The average Bonchev–Trinajstić information content (AvgIpc) is 2.69. The first kappa shape index (κ1) is 19.6. The average molecular weight is 361 g/mol. The van der Waals surface area contributed by atoms with Gasteiger partial charge in [-0.15, -0.1) is 0 Å². The van der Waals surface area contributed by atoms with E-state index < -0.39 is 23.1 Å². The van der Waals surface area contributed by atoms with E-state index in [9.17, 15) is 18.0 Å². The molecule has 0 radical (unpaired) electrons. The maximum Gasteiger partial charge on any atom is 0.412 e. The summed E-state index contributed by atoms with van der Waals surface area (Å²) in [6.07, 6.45) is -1.29. The molecule has 0 unspecified atom stereocenters. The first-order valence-electron chi connectivity index (χ1n) is 8.27. The molecular formula is C17H26F3N3O2. The van der Waals surface area contributed by atoms with Crippen molar-refractivity contribution >= 4 is 11.9 Å². The standard InChI is InChI=1S/C17H26F3N3O2/c1-15(2,3)11-12(10-7-17(19,20)8-10)22-23(6)13(11)21-14(24)25-9-16(4,5)18/h10H,7-9H2,1-6H3,(H,21,24). The predicted octanol–water partition coefficient (Wildman–Crippen LogP) is 4.53. The number of anilines is 1. The Balaban J connectivity index is 2.26. The number of nitrogens with one attached hydrogen (secondary N) is 1. The van der Waals surface area contributed by atoms with E-state index in [1.54, 1.807) is 7.05 Å². The van der Waals surface area contributed by atoms with Crippen molar-refractivity contribution < 1.29 is 22.7 Å². The number of rotatable bonds is 4. The smallest absolute Gasteiger partial charge is 0.412 e. The summed E-state index contributed by atoms with van der Waals surface area (Å²) in [6, 6.07) is 0. The highest BCUT2D eigenvalue weighted by Crippen LogP contribution is 2.51. The van der Waals surface area contributed by atoms with Gasteiger partial charge in [0.05, 0.1) is 5.69 Å². The van der Waals surface area contributed by atoms with Crippen LogP contribution in [-0.4, -0.2) is 34.1 Å². The van der Waals surface area contributed by atoms with Crippen molar-refractivity contribution in [3.05, 3.63) is 11.3 Å². The summed E-state index contributed by atoms with van der Waals surface area (Å²) in [4.78, 5) is 12.0. The van der Waals surface area contributed by atoms with Gasteiger partial charge in [-0.2, -0.15) is 5.10 Å². The van der Waals surface area contributed by atoms with E-state index in [-0.39, 0.29) is 25.4 Å². The lowest BCUT2D eigenvalue weighted by Crippen LogP contribution is -2.35. The molecule has 1 amide bonds. The lowest BCUT2D eigenvalue weighted by atomic mass is 9.74. The summed E-state index contributed by atoms with van der Waals surface area (Å²) < 4.78 is 46.4. The van der Waals surface area contributed by atoms with Crippen LogP contribution in [0.25, 0.3) is 0 Å². The van der Waals surface area contributed by atoms with Gasteiger partial charge in [-0.25, -0.2) is 18.0 Å². The Morgan fingerprint density at radius 3 is 2.32 bits per heavy atom. The SMILES string of the molecule is Cn1nc(C2CC(F)(F)C2)c(C(C)(C)C)c1NC(=O)OCC(C)(C)F. The fourth-order valence-electron chi connectivity index (χ4n) is 2.94. The molecule has 25 heavy (non-hydrogen) atoms. The molecular weight excluding hydrogens is 335 g/mol. The number of carbonyl (C=O) groups excluding carboxylic acids is 1. The Hall–Kier alpha value is -1.73. The molecule has 0 atom stereocenters. The van der Waals surface area contributed by atoms with Gasteiger partial charge in [0.2, 0.25) is 5.92 Å². The van der Waals surface area contributed by atoms with E-state index in [0.717, 1.165) is 0 Å². The van der Waals surface area contributed by atoms with Crippen LogP contribution in [0.4, 0.5) is 23.8 Å². The number of aryl methyl sites for hydroxylation is 1. The molecule has 1 heterocycles. The van der Waals surface area contributed by atoms with Gasteiger partial charge < -0.3 is 4.74 Å². The Morgan fingerprint density at radius 2 is 1.88 bits per heavy atom. The van der Waals surface area contributed by atoms with Crippen LogP contribution in [0.2, 0.25) is 0 Å². The Bertz CT molecular complexity index is 649. The second-order valence-corrected chi connectivity index (χ2v) is 8.36. The van der Waals surface area contributed by atoms with Crippen LogP contribution in [0.5, 0.6) is 0 Å². The zero-order chi connectivity index (χ0) is 19.2. The molecule has 0 spiro atoms. The van der Waals surface area contributed by atoms with Crippen molar-refractivity contribution in [1.29, 1.82) is 0 Å². The van der Waals surface area contributed by atoms with Crippen molar-refractivity contribution in [3.8, 4) is 0 Å². The largest absolute Gasteiger partial charge is 0.446 e. The maximum atomic E-state index is 13.5. The molecule has 1 aliphatic carbocycles. The number of carbonyl (C=O) groups is 1. The summed E-state index contributed by atoms with van der Waals surface area (Å²) in [5.41, 5.74) is -0.788. The van der Waals surface area contributed by atoms with Crippen LogP contribution < -0.4 is 5.32 Å².